The molecule has 1 rings (SSSR count). The lowest BCUT2D eigenvalue weighted by Gasteiger charge is -2.27. The summed E-state index contributed by atoms with van der Waals surface area (Å²) in [6.07, 6.45) is 0.716. The molecule has 3 N–H and O–H groups in total. The van der Waals surface area contributed by atoms with Gasteiger partial charge < -0.3 is 15.5 Å². The van der Waals surface area contributed by atoms with E-state index in [2.05, 4.69) is 12.2 Å². The van der Waals surface area contributed by atoms with Gasteiger partial charge in [-0.25, -0.2) is 0 Å². The van der Waals surface area contributed by atoms with Crippen molar-refractivity contribution in [1.29, 1.82) is 0 Å². The van der Waals surface area contributed by atoms with Gasteiger partial charge in [0, 0.05) is 18.5 Å². The third-order valence-electron chi connectivity index (χ3n) is 3.30. The number of carbonyl (C=O) groups is 1. The molecule has 106 valence electrons. The number of aliphatic carboxylic acids is 1. The van der Waals surface area contributed by atoms with Gasteiger partial charge in [-0.2, -0.15) is 0 Å². The second-order valence-corrected chi connectivity index (χ2v) is 4.87. The van der Waals surface area contributed by atoms with Crippen LogP contribution in [0.15, 0.2) is 30.3 Å². The van der Waals surface area contributed by atoms with E-state index in [-0.39, 0.29) is 18.5 Å². The Kier molecular flexibility index (Phi) is 6.53. The third kappa shape index (κ3) is 5.41. The molecule has 0 saturated heterocycles. The fourth-order valence-corrected chi connectivity index (χ4v) is 1.98. The van der Waals surface area contributed by atoms with Gasteiger partial charge in [0.1, 0.15) is 0 Å². The zero-order chi connectivity index (χ0) is 14.3. The summed E-state index contributed by atoms with van der Waals surface area (Å²) >= 11 is 0. The summed E-state index contributed by atoms with van der Waals surface area (Å²) in [5, 5.41) is 22.5. The van der Waals surface area contributed by atoms with Crippen molar-refractivity contribution in [3.8, 4) is 0 Å². The van der Waals surface area contributed by atoms with Crippen molar-refractivity contribution >= 4 is 5.97 Å². The van der Waals surface area contributed by atoms with Crippen molar-refractivity contribution < 1.29 is 15.0 Å². The zero-order valence-electron chi connectivity index (χ0n) is 11.5. The van der Waals surface area contributed by atoms with E-state index in [4.69, 9.17) is 5.11 Å². The highest BCUT2D eigenvalue weighted by molar-refractivity contribution is 5.66. The Morgan fingerprint density at radius 1 is 1.32 bits per heavy atom. The fourth-order valence-electron chi connectivity index (χ4n) is 1.98. The summed E-state index contributed by atoms with van der Waals surface area (Å²) in [5.41, 5.74) is 0.814. The zero-order valence-corrected chi connectivity index (χ0v) is 11.5. The molecule has 4 nitrogen and oxygen atoms in total. The van der Waals surface area contributed by atoms with E-state index in [0.29, 0.717) is 6.42 Å². The minimum absolute atomic E-state index is 0.0536. The Hall–Kier alpha value is -1.39. The van der Waals surface area contributed by atoms with Crippen LogP contribution in [0.3, 0.4) is 0 Å². The first-order chi connectivity index (χ1) is 9.04. The second-order valence-electron chi connectivity index (χ2n) is 4.87. The number of aliphatic hydroxyl groups is 1. The first-order valence-electron chi connectivity index (χ1n) is 6.75. The van der Waals surface area contributed by atoms with Crippen LogP contribution in [0.1, 0.15) is 44.8 Å². The van der Waals surface area contributed by atoms with E-state index in [1.165, 1.54) is 0 Å². The number of aliphatic hydroxyl groups excluding tert-OH is 1. The van der Waals surface area contributed by atoms with Gasteiger partial charge in [-0.15, -0.1) is 0 Å². The van der Waals surface area contributed by atoms with E-state index in [0.717, 1.165) is 12.0 Å². The van der Waals surface area contributed by atoms with Crippen molar-refractivity contribution in [2.75, 3.05) is 0 Å². The number of nitrogens with one attached hydrogen (secondary N) is 1. The van der Waals surface area contributed by atoms with E-state index >= 15 is 0 Å². The molecular formula is C15H23NO3. The molecule has 0 radical (unpaired) electrons. The highest BCUT2D eigenvalue weighted by atomic mass is 16.4. The van der Waals surface area contributed by atoms with Crippen LogP contribution in [-0.2, 0) is 4.79 Å². The maximum absolute atomic E-state index is 10.7. The molecule has 0 saturated carbocycles. The molecule has 0 heterocycles. The highest BCUT2D eigenvalue weighted by Crippen LogP contribution is 2.20. The van der Waals surface area contributed by atoms with Gasteiger partial charge >= 0.3 is 5.97 Å². The van der Waals surface area contributed by atoms with Crippen LogP contribution in [0.4, 0.5) is 0 Å². The molecular weight excluding hydrogens is 242 g/mol. The second kappa shape index (κ2) is 7.92. The van der Waals surface area contributed by atoms with Crippen molar-refractivity contribution in [2.24, 2.45) is 0 Å². The highest BCUT2D eigenvalue weighted by Gasteiger charge is 2.22. The van der Waals surface area contributed by atoms with Crippen LogP contribution in [0.2, 0.25) is 0 Å². The lowest BCUT2D eigenvalue weighted by molar-refractivity contribution is -0.137. The molecule has 3 unspecified atom stereocenters. The molecule has 0 aliphatic rings. The average Bonchev–Trinajstić information content (AvgIpc) is 2.43. The maximum atomic E-state index is 10.7. The molecule has 0 bridgehead atoms. The molecule has 0 aliphatic carbocycles. The molecule has 0 fully saturated rings. The van der Waals surface area contributed by atoms with Crippen molar-refractivity contribution in [3.63, 3.8) is 0 Å². The van der Waals surface area contributed by atoms with E-state index < -0.39 is 12.1 Å². The first-order valence-corrected chi connectivity index (χ1v) is 6.75. The predicted molar refractivity (Wildman–Crippen MR) is 74.9 cm³/mol. The first kappa shape index (κ1) is 15.7. The van der Waals surface area contributed by atoms with Gasteiger partial charge in [0.25, 0.3) is 0 Å². The number of hydrogen-bond acceptors (Lipinski definition) is 3. The molecule has 3 atom stereocenters. The Bertz CT molecular complexity index is 380. The molecule has 19 heavy (non-hydrogen) atoms. The summed E-state index contributed by atoms with van der Waals surface area (Å²) in [7, 11) is 0. The Morgan fingerprint density at radius 2 is 1.95 bits per heavy atom. The molecule has 4 heteroatoms. The Balaban J connectivity index is 2.73. The van der Waals surface area contributed by atoms with E-state index in [9.17, 15) is 9.90 Å². The number of benzene rings is 1. The maximum Gasteiger partial charge on any atom is 0.303 e. The summed E-state index contributed by atoms with van der Waals surface area (Å²) < 4.78 is 0. The van der Waals surface area contributed by atoms with E-state index in [1.807, 2.05) is 37.3 Å². The molecule has 1 aromatic rings. The summed E-state index contributed by atoms with van der Waals surface area (Å²) in [5.74, 6) is -0.837. The summed E-state index contributed by atoms with van der Waals surface area (Å²) in [6.45, 7) is 4.09. The minimum atomic E-state index is -0.837. The number of carboxylic acid groups (broad SMARTS) is 1. The Labute approximate surface area is 114 Å². The molecule has 0 amide bonds. The van der Waals surface area contributed by atoms with Crippen LogP contribution >= 0.6 is 0 Å². The lowest BCUT2D eigenvalue weighted by Crippen LogP contribution is -2.40. The number of hydrogen-bond donors (Lipinski definition) is 3. The van der Waals surface area contributed by atoms with Crippen LogP contribution in [-0.4, -0.2) is 28.3 Å². The smallest absolute Gasteiger partial charge is 0.303 e. The average molecular weight is 265 g/mol. The number of carboxylic acids is 1. The van der Waals surface area contributed by atoms with Crippen molar-refractivity contribution in [1.82, 2.24) is 5.32 Å². The molecule has 0 aromatic heterocycles. The third-order valence-corrected chi connectivity index (χ3v) is 3.30. The van der Waals surface area contributed by atoms with Crippen LogP contribution < -0.4 is 5.32 Å². The van der Waals surface area contributed by atoms with Gasteiger partial charge in [-0.3, -0.25) is 4.79 Å². The largest absolute Gasteiger partial charge is 0.481 e. The van der Waals surface area contributed by atoms with Gasteiger partial charge in [0.2, 0.25) is 0 Å². The van der Waals surface area contributed by atoms with Crippen molar-refractivity contribution in [3.05, 3.63) is 35.9 Å². The molecule has 1 aromatic carbocycles. The van der Waals surface area contributed by atoms with Gasteiger partial charge in [-0.1, -0.05) is 37.3 Å². The SMILES string of the molecule is CCC(C)NC(CCC(=O)O)C(O)c1ccccc1. The normalized spacial score (nSPS) is 15.7. The number of rotatable bonds is 8. The minimum Gasteiger partial charge on any atom is -0.481 e. The van der Waals surface area contributed by atoms with E-state index in [1.54, 1.807) is 0 Å². The standard InChI is InChI=1S/C15H23NO3/c1-3-11(2)16-13(9-10-14(17)18)15(19)12-7-5-4-6-8-12/h4-8,11,13,15-16,19H,3,9-10H2,1-2H3,(H,17,18). The van der Waals surface area contributed by atoms with Crippen LogP contribution in [0.25, 0.3) is 0 Å². The fraction of sp³-hybridized carbons (Fsp3) is 0.533. The van der Waals surface area contributed by atoms with Gasteiger partial charge in [-0.05, 0) is 25.3 Å². The Morgan fingerprint density at radius 3 is 2.47 bits per heavy atom. The van der Waals surface area contributed by atoms with Crippen molar-refractivity contribution in [2.45, 2.75) is 51.3 Å². The molecule has 0 aliphatic heterocycles. The van der Waals surface area contributed by atoms with Gasteiger partial charge in [0.15, 0.2) is 0 Å². The topological polar surface area (TPSA) is 69.6 Å². The van der Waals surface area contributed by atoms with Gasteiger partial charge in [0.05, 0.1) is 6.10 Å². The quantitative estimate of drug-likeness (QED) is 0.675. The van der Waals surface area contributed by atoms with Crippen LogP contribution in [0.5, 0.6) is 0 Å². The molecule has 0 spiro atoms. The monoisotopic (exact) mass is 265 g/mol. The van der Waals surface area contributed by atoms with Crippen LogP contribution in [0, 0.1) is 0 Å². The summed E-state index contributed by atoms with van der Waals surface area (Å²) in [4.78, 5) is 10.7. The summed E-state index contributed by atoms with van der Waals surface area (Å²) in [6, 6.07) is 9.36. The lowest BCUT2D eigenvalue weighted by atomic mass is 9.97. The predicted octanol–water partition coefficient (Wildman–Crippen LogP) is 2.34.